The van der Waals surface area contributed by atoms with Crippen molar-refractivity contribution in [3.63, 3.8) is 0 Å². The molecule has 1 aliphatic rings. The van der Waals surface area contributed by atoms with Gasteiger partial charge in [-0.05, 0) is 61.8 Å². The van der Waals surface area contributed by atoms with E-state index in [1.54, 1.807) is 0 Å². The highest BCUT2D eigenvalue weighted by Crippen LogP contribution is 2.29. The summed E-state index contributed by atoms with van der Waals surface area (Å²) >= 11 is 6.41. The van der Waals surface area contributed by atoms with E-state index in [0.717, 1.165) is 31.5 Å². The van der Waals surface area contributed by atoms with Crippen LogP contribution in [0.1, 0.15) is 30.9 Å². The van der Waals surface area contributed by atoms with E-state index in [9.17, 15) is 9.18 Å². The number of benzene rings is 2. The minimum absolute atomic E-state index is 0. The number of amides is 1. The third-order valence-corrected chi connectivity index (χ3v) is 5.12. The summed E-state index contributed by atoms with van der Waals surface area (Å²) in [6.07, 6.45) is 3.55. The van der Waals surface area contributed by atoms with Gasteiger partial charge in [-0.15, -0.1) is 12.4 Å². The van der Waals surface area contributed by atoms with Crippen LogP contribution in [-0.2, 0) is 4.79 Å². The van der Waals surface area contributed by atoms with Gasteiger partial charge in [0.05, 0.1) is 6.04 Å². The average molecular weight is 427 g/mol. The predicted octanol–water partition coefficient (Wildman–Crippen LogP) is 4.62. The molecule has 1 saturated heterocycles. The molecule has 1 unspecified atom stereocenters. The van der Waals surface area contributed by atoms with Crippen LogP contribution in [0.2, 0.25) is 5.02 Å². The Hall–Kier alpha value is -1.82. The summed E-state index contributed by atoms with van der Waals surface area (Å²) in [5, 5.41) is 3.66. The highest BCUT2D eigenvalue weighted by molar-refractivity contribution is 6.31. The van der Waals surface area contributed by atoms with Gasteiger partial charge in [-0.3, -0.25) is 9.69 Å². The van der Waals surface area contributed by atoms with E-state index in [1.165, 1.54) is 30.7 Å². The molecule has 0 bridgehead atoms. The van der Waals surface area contributed by atoms with Crippen molar-refractivity contribution in [3.05, 3.63) is 64.9 Å². The summed E-state index contributed by atoms with van der Waals surface area (Å²) in [6, 6.07) is 13.4. The maximum Gasteiger partial charge on any atom is 0.258 e. The van der Waals surface area contributed by atoms with Gasteiger partial charge in [0.2, 0.25) is 0 Å². The molecule has 2 aromatic carbocycles. The number of nitrogens with one attached hydrogen (secondary N) is 1. The average Bonchev–Trinajstić information content (AvgIpc) is 2.70. The molecule has 0 spiro atoms. The summed E-state index contributed by atoms with van der Waals surface area (Å²) in [5.41, 5.74) is 1.03. The second-order valence-electron chi connectivity index (χ2n) is 6.68. The van der Waals surface area contributed by atoms with Crippen LogP contribution in [0.3, 0.4) is 0 Å². The van der Waals surface area contributed by atoms with Crippen molar-refractivity contribution < 1.29 is 13.9 Å². The first-order valence-electron chi connectivity index (χ1n) is 9.27. The maximum absolute atomic E-state index is 12.9. The summed E-state index contributed by atoms with van der Waals surface area (Å²) in [4.78, 5) is 14.6. The predicted molar refractivity (Wildman–Crippen MR) is 112 cm³/mol. The minimum Gasteiger partial charge on any atom is -0.484 e. The number of hydrogen-bond acceptors (Lipinski definition) is 3. The lowest BCUT2D eigenvalue weighted by atomic mass is 10.0. The molecule has 0 radical (unpaired) electrons. The molecule has 3 rings (SSSR count). The van der Waals surface area contributed by atoms with Gasteiger partial charge in [0.15, 0.2) is 6.61 Å². The molecule has 1 fully saturated rings. The first-order valence-corrected chi connectivity index (χ1v) is 9.65. The van der Waals surface area contributed by atoms with Gasteiger partial charge in [-0.2, -0.15) is 0 Å². The molecule has 1 atom stereocenters. The number of rotatable bonds is 7. The molecule has 152 valence electrons. The number of hydrogen-bond donors (Lipinski definition) is 1. The SMILES string of the molecule is Cl.O=C(COc1ccc(F)cc1)NCC(c1ccccc1Cl)N1CCCCC1. The Morgan fingerprint density at radius 1 is 1.11 bits per heavy atom. The van der Waals surface area contributed by atoms with Crippen LogP contribution in [0.25, 0.3) is 0 Å². The topological polar surface area (TPSA) is 41.6 Å². The van der Waals surface area contributed by atoms with Crippen LogP contribution < -0.4 is 10.1 Å². The van der Waals surface area contributed by atoms with Gasteiger partial charge >= 0.3 is 0 Å². The molecule has 2 aromatic rings. The number of carbonyl (C=O) groups excluding carboxylic acids is 1. The third-order valence-electron chi connectivity index (χ3n) is 4.77. The van der Waals surface area contributed by atoms with Crippen molar-refractivity contribution in [2.75, 3.05) is 26.2 Å². The molecule has 1 aliphatic heterocycles. The smallest absolute Gasteiger partial charge is 0.258 e. The third kappa shape index (κ3) is 6.36. The first kappa shape index (κ1) is 22.5. The summed E-state index contributed by atoms with van der Waals surface area (Å²) in [6.45, 7) is 2.35. The molecular formula is C21H25Cl2FN2O2. The lowest BCUT2D eigenvalue weighted by Crippen LogP contribution is -2.41. The molecule has 28 heavy (non-hydrogen) atoms. The van der Waals surface area contributed by atoms with Crippen LogP contribution in [0.4, 0.5) is 4.39 Å². The number of piperidine rings is 1. The van der Waals surface area contributed by atoms with E-state index in [1.807, 2.05) is 24.3 Å². The fraction of sp³-hybridized carbons (Fsp3) is 0.381. The standard InChI is InChI=1S/C21H24ClFN2O2.ClH/c22-19-7-3-2-6-18(19)20(25-12-4-1-5-13-25)14-24-21(26)15-27-17-10-8-16(23)9-11-17;/h2-3,6-11,20H,1,4-5,12-15H2,(H,24,26);1H. The molecule has 1 heterocycles. The Labute approximate surface area is 176 Å². The molecular weight excluding hydrogens is 402 g/mol. The van der Waals surface area contributed by atoms with Crippen molar-refractivity contribution in [2.24, 2.45) is 0 Å². The molecule has 0 saturated carbocycles. The van der Waals surface area contributed by atoms with Crippen LogP contribution in [0, 0.1) is 5.82 Å². The van der Waals surface area contributed by atoms with Crippen molar-refractivity contribution >= 4 is 29.9 Å². The largest absolute Gasteiger partial charge is 0.484 e. The zero-order valence-corrected chi connectivity index (χ0v) is 17.1. The Bertz CT molecular complexity index is 752. The molecule has 7 heteroatoms. The van der Waals surface area contributed by atoms with E-state index < -0.39 is 0 Å². The second-order valence-corrected chi connectivity index (χ2v) is 7.09. The zero-order valence-electron chi connectivity index (χ0n) is 15.6. The highest BCUT2D eigenvalue weighted by Gasteiger charge is 2.24. The minimum atomic E-state index is -0.337. The summed E-state index contributed by atoms with van der Waals surface area (Å²) < 4.78 is 18.3. The fourth-order valence-corrected chi connectivity index (χ4v) is 3.61. The van der Waals surface area contributed by atoms with Gasteiger partial charge in [0.25, 0.3) is 5.91 Å². The van der Waals surface area contributed by atoms with Crippen LogP contribution in [-0.4, -0.2) is 37.0 Å². The van der Waals surface area contributed by atoms with Gasteiger partial charge in [0.1, 0.15) is 11.6 Å². The number of likely N-dealkylation sites (tertiary alicyclic amines) is 1. The molecule has 1 N–H and O–H groups in total. The number of halogens is 3. The van der Waals surface area contributed by atoms with Crippen LogP contribution in [0.15, 0.2) is 48.5 Å². The monoisotopic (exact) mass is 426 g/mol. The fourth-order valence-electron chi connectivity index (χ4n) is 3.35. The summed E-state index contributed by atoms with van der Waals surface area (Å²) in [7, 11) is 0. The Balaban J connectivity index is 0.00000280. The zero-order chi connectivity index (χ0) is 19.1. The molecule has 1 amide bonds. The Kier molecular flexibility index (Phi) is 9.03. The Morgan fingerprint density at radius 3 is 2.46 bits per heavy atom. The van der Waals surface area contributed by atoms with Gasteiger partial charge in [0, 0.05) is 11.6 Å². The number of nitrogens with zero attached hydrogens (tertiary/aromatic N) is 1. The van der Waals surface area contributed by atoms with E-state index in [4.69, 9.17) is 16.3 Å². The Morgan fingerprint density at radius 2 is 1.79 bits per heavy atom. The maximum atomic E-state index is 12.9. The lowest BCUT2D eigenvalue weighted by Gasteiger charge is -2.35. The normalized spacial score (nSPS) is 15.4. The van der Waals surface area contributed by atoms with Crippen molar-refractivity contribution in [1.82, 2.24) is 10.2 Å². The van der Waals surface area contributed by atoms with Crippen molar-refractivity contribution in [2.45, 2.75) is 25.3 Å². The second kappa shape index (κ2) is 11.2. The molecule has 4 nitrogen and oxygen atoms in total. The summed E-state index contributed by atoms with van der Waals surface area (Å²) in [5.74, 6) is -0.0884. The van der Waals surface area contributed by atoms with E-state index in [2.05, 4.69) is 10.2 Å². The van der Waals surface area contributed by atoms with E-state index >= 15 is 0 Å². The van der Waals surface area contributed by atoms with Gasteiger partial charge in [-0.25, -0.2) is 4.39 Å². The van der Waals surface area contributed by atoms with E-state index in [-0.39, 0.29) is 36.8 Å². The molecule has 0 aromatic heterocycles. The van der Waals surface area contributed by atoms with Gasteiger partial charge < -0.3 is 10.1 Å². The highest BCUT2D eigenvalue weighted by atomic mass is 35.5. The van der Waals surface area contributed by atoms with Crippen molar-refractivity contribution in [3.8, 4) is 5.75 Å². The van der Waals surface area contributed by atoms with Crippen LogP contribution >= 0.6 is 24.0 Å². The van der Waals surface area contributed by atoms with Crippen LogP contribution in [0.5, 0.6) is 5.75 Å². The van der Waals surface area contributed by atoms with Gasteiger partial charge in [-0.1, -0.05) is 36.2 Å². The van der Waals surface area contributed by atoms with Crippen molar-refractivity contribution in [1.29, 1.82) is 0 Å². The quantitative estimate of drug-likeness (QED) is 0.701. The first-order chi connectivity index (χ1) is 13.1. The number of ether oxygens (including phenoxy) is 1. The lowest BCUT2D eigenvalue weighted by molar-refractivity contribution is -0.123. The molecule has 0 aliphatic carbocycles. The number of carbonyl (C=O) groups is 1. The van der Waals surface area contributed by atoms with E-state index in [0.29, 0.717) is 17.3 Å².